The molecule has 0 radical (unpaired) electrons. The average molecular weight is 313 g/mol. The summed E-state index contributed by atoms with van der Waals surface area (Å²) in [7, 11) is 0. The summed E-state index contributed by atoms with van der Waals surface area (Å²) in [6.07, 6.45) is 5.00. The second kappa shape index (κ2) is 4.97. The van der Waals surface area contributed by atoms with Gasteiger partial charge in [0.05, 0.1) is 5.56 Å². The van der Waals surface area contributed by atoms with Crippen LogP contribution in [0.15, 0.2) is 12.1 Å². The number of likely N-dealkylation sites (tertiary alicyclic amines) is 1. The van der Waals surface area contributed by atoms with Crippen LogP contribution in [0.3, 0.4) is 0 Å². The fourth-order valence-electron chi connectivity index (χ4n) is 4.86. The zero-order chi connectivity index (χ0) is 16.4. The quantitative estimate of drug-likeness (QED) is 0.841. The second-order valence-corrected chi connectivity index (χ2v) is 8.13. The zero-order valence-electron chi connectivity index (χ0n) is 14.1. The van der Waals surface area contributed by atoms with Crippen molar-refractivity contribution in [1.82, 2.24) is 4.90 Å². The van der Waals surface area contributed by atoms with E-state index in [9.17, 15) is 4.79 Å². The van der Waals surface area contributed by atoms with Crippen LogP contribution in [0, 0.1) is 11.8 Å². The molecule has 2 fully saturated rings. The number of hydrogen-bond donors (Lipinski definition) is 2. The van der Waals surface area contributed by atoms with Crippen molar-refractivity contribution >= 4 is 11.6 Å². The maximum atomic E-state index is 11.7. The summed E-state index contributed by atoms with van der Waals surface area (Å²) < 4.78 is 0. The first-order chi connectivity index (χ1) is 10.9. The SMILES string of the molecule is C[C@@H]1[C@H]2Cc3cc(N)c(C(N)=O)cc3[C@]1(C)CCN2CC1CC1. The molecule has 1 aromatic rings. The van der Waals surface area contributed by atoms with Crippen molar-refractivity contribution < 1.29 is 4.79 Å². The molecule has 0 unspecified atom stereocenters. The highest BCUT2D eigenvalue weighted by molar-refractivity contribution is 5.98. The molecule has 3 aliphatic rings. The first kappa shape index (κ1) is 15.0. The number of anilines is 1. The monoisotopic (exact) mass is 313 g/mol. The number of amides is 1. The van der Waals surface area contributed by atoms with Gasteiger partial charge >= 0.3 is 0 Å². The molecule has 1 amide bonds. The van der Waals surface area contributed by atoms with E-state index in [-0.39, 0.29) is 5.41 Å². The molecule has 4 nitrogen and oxygen atoms in total. The summed E-state index contributed by atoms with van der Waals surface area (Å²) in [5.41, 5.74) is 15.3. The van der Waals surface area contributed by atoms with Crippen LogP contribution in [-0.2, 0) is 11.8 Å². The minimum absolute atomic E-state index is 0.121. The third kappa shape index (κ3) is 2.26. The standard InChI is InChI=1S/C19H27N3O/c1-11-17-8-13-7-16(20)14(18(21)23)9-15(13)19(11,2)5-6-22(17)10-12-3-4-12/h7,9,11-12,17H,3-6,8,10,20H2,1-2H3,(H2,21,23)/t11-,17-,19-/m1/s1. The van der Waals surface area contributed by atoms with Gasteiger partial charge in [0.25, 0.3) is 5.91 Å². The van der Waals surface area contributed by atoms with Crippen LogP contribution in [0.5, 0.6) is 0 Å². The van der Waals surface area contributed by atoms with Gasteiger partial charge in [-0.1, -0.05) is 13.8 Å². The summed E-state index contributed by atoms with van der Waals surface area (Å²) in [5.74, 6) is 1.09. The van der Waals surface area contributed by atoms with Crippen LogP contribution in [0.2, 0.25) is 0 Å². The molecule has 2 aliphatic carbocycles. The first-order valence-electron chi connectivity index (χ1n) is 8.87. The molecule has 2 bridgehead atoms. The lowest BCUT2D eigenvalue weighted by molar-refractivity contribution is 0.0284. The Hall–Kier alpha value is -1.55. The lowest BCUT2D eigenvalue weighted by atomic mass is 9.58. The van der Waals surface area contributed by atoms with E-state index in [0.717, 1.165) is 25.3 Å². The van der Waals surface area contributed by atoms with Gasteiger partial charge in [-0.05, 0) is 72.7 Å². The number of carbonyl (C=O) groups is 1. The van der Waals surface area contributed by atoms with E-state index in [4.69, 9.17) is 11.5 Å². The minimum atomic E-state index is -0.421. The number of benzene rings is 1. The van der Waals surface area contributed by atoms with Crippen LogP contribution in [0.4, 0.5) is 5.69 Å². The Morgan fingerprint density at radius 1 is 1.39 bits per heavy atom. The van der Waals surface area contributed by atoms with Crippen molar-refractivity contribution in [3.05, 3.63) is 28.8 Å². The predicted octanol–water partition coefficient (Wildman–Crippen LogP) is 2.30. The number of nitrogens with zero attached hydrogens (tertiary/aromatic N) is 1. The van der Waals surface area contributed by atoms with E-state index < -0.39 is 5.91 Å². The summed E-state index contributed by atoms with van der Waals surface area (Å²) in [5, 5.41) is 0. The third-order valence-corrected chi connectivity index (χ3v) is 6.74. The molecule has 4 heteroatoms. The van der Waals surface area contributed by atoms with Gasteiger partial charge in [0.15, 0.2) is 0 Å². The number of nitrogens with two attached hydrogens (primary N) is 2. The largest absolute Gasteiger partial charge is 0.398 e. The molecular formula is C19H27N3O. The second-order valence-electron chi connectivity index (χ2n) is 8.13. The molecule has 1 aliphatic heterocycles. The Morgan fingerprint density at radius 3 is 2.78 bits per heavy atom. The minimum Gasteiger partial charge on any atom is -0.398 e. The molecular weight excluding hydrogens is 286 g/mol. The van der Waals surface area contributed by atoms with Crippen molar-refractivity contribution in [2.75, 3.05) is 18.8 Å². The van der Waals surface area contributed by atoms with Crippen LogP contribution < -0.4 is 11.5 Å². The lowest BCUT2D eigenvalue weighted by Crippen LogP contribution is -2.58. The van der Waals surface area contributed by atoms with E-state index in [1.807, 2.05) is 12.1 Å². The van der Waals surface area contributed by atoms with E-state index >= 15 is 0 Å². The Labute approximate surface area is 138 Å². The number of primary amides is 1. The fraction of sp³-hybridized carbons (Fsp3) is 0.632. The van der Waals surface area contributed by atoms with Gasteiger partial charge in [0.2, 0.25) is 0 Å². The van der Waals surface area contributed by atoms with Gasteiger partial charge in [-0.2, -0.15) is 0 Å². The summed E-state index contributed by atoms with van der Waals surface area (Å²) in [4.78, 5) is 14.4. The van der Waals surface area contributed by atoms with E-state index in [0.29, 0.717) is 23.2 Å². The Morgan fingerprint density at radius 2 is 2.13 bits per heavy atom. The summed E-state index contributed by atoms with van der Waals surface area (Å²) in [6, 6.07) is 4.59. The molecule has 1 saturated heterocycles. The van der Waals surface area contributed by atoms with Gasteiger partial charge in [0, 0.05) is 18.3 Å². The zero-order valence-corrected chi connectivity index (χ0v) is 14.1. The highest BCUT2D eigenvalue weighted by Gasteiger charge is 2.49. The Balaban J connectivity index is 1.75. The van der Waals surface area contributed by atoms with E-state index in [1.54, 1.807) is 0 Å². The molecule has 1 aromatic carbocycles. The van der Waals surface area contributed by atoms with Crippen LogP contribution in [0.1, 0.15) is 54.6 Å². The van der Waals surface area contributed by atoms with Gasteiger partial charge < -0.3 is 11.5 Å². The third-order valence-electron chi connectivity index (χ3n) is 6.74. The van der Waals surface area contributed by atoms with Gasteiger partial charge in [0.1, 0.15) is 0 Å². The van der Waals surface area contributed by atoms with Crippen LogP contribution >= 0.6 is 0 Å². The normalized spacial score (nSPS) is 33.3. The van der Waals surface area contributed by atoms with Crippen molar-refractivity contribution in [3.63, 3.8) is 0 Å². The smallest absolute Gasteiger partial charge is 0.250 e. The highest BCUT2D eigenvalue weighted by atomic mass is 16.1. The lowest BCUT2D eigenvalue weighted by Gasteiger charge is -2.55. The summed E-state index contributed by atoms with van der Waals surface area (Å²) in [6.45, 7) is 7.16. The van der Waals surface area contributed by atoms with Crippen molar-refractivity contribution in [3.8, 4) is 0 Å². The van der Waals surface area contributed by atoms with E-state index in [2.05, 4.69) is 18.7 Å². The average Bonchev–Trinajstić information content (AvgIpc) is 3.29. The molecule has 1 saturated carbocycles. The first-order valence-corrected chi connectivity index (χ1v) is 8.87. The predicted molar refractivity (Wildman–Crippen MR) is 92.3 cm³/mol. The van der Waals surface area contributed by atoms with Crippen molar-refractivity contribution in [2.45, 2.75) is 51.0 Å². The fourth-order valence-corrected chi connectivity index (χ4v) is 4.86. The van der Waals surface area contributed by atoms with Crippen LogP contribution in [-0.4, -0.2) is 29.9 Å². The number of piperidine rings is 1. The maximum Gasteiger partial charge on any atom is 0.250 e. The van der Waals surface area contributed by atoms with Gasteiger partial charge in [-0.25, -0.2) is 0 Å². The van der Waals surface area contributed by atoms with Gasteiger partial charge in [-0.15, -0.1) is 0 Å². The topological polar surface area (TPSA) is 72.3 Å². The van der Waals surface area contributed by atoms with Gasteiger partial charge in [-0.3, -0.25) is 9.69 Å². The Bertz CT molecular complexity index is 667. The number of nitrogen functional groups attached to an aromatic ring is 1. The highest BCUT2D eigenvalue weighted by Crippen LogP contribution is 2.50. The van der Waals surface area contributed by atoms with Crippen LogP contribution in [0.25, 0.3) is 0 Å². The number of carbonyl (C=O) groups excluding carboxylic acids is 1. The summed E-state index contributed by atoms with van der Waals surface area (Å²) >= 11 is 0. The maximum absolute atomic E-state index is 11.7. The number of rotatable bonds is 3. The Kier molecular flexibility index (Phi) is 3.24. The molecule has 4 N–H and O–H groups in total. The van der Waals surface area contributed by atoms with Crippen molar-refractivity contribution in [2.24, 2.45) is 17.6 Å². The molecule has 4 rings (SSSR count). The number of hydrogen-bond acceptors (Lipinski definition) is 3. The molecule has 124 valence electrons. The molecule has 0 aromatic heterocycles. The molecule has 23 heavy (non-hydrogen) atoms. The number of fused-ring (bicyclic) bond motifs is 4. The molecule has 1 heterocycles. The molecule has 0 spiro atoms. The van der Waals surface area contributed by atoms with E-state index in [1.165, 1.54) is 30.5 Å². The van der Waals surface area contributed by atoms with Crippen molar-refractivity contribution in [1.29, 1.82) is 0 Å². The molecule has 3 atom stereocenters.